The lowest BCUT2D eigenvalue weighted by Gasteiger charge is -2.08. The van der Waals surface area contributed by atoms with Crippen LogP contribution in [0.1, 0.15) is 0 Å². The van der Waals surface area contributed by atoms with Gasteiger partial charge in [0.25, 0.3) is 0 Å². The lowest BCUT2D eigenvalue weighted by atomic mass is 10.1. The van der Waals surface area contributed by atoms with Gasteiger partial charge in [-0.05, 0) is 36.4 Å². The van der Waals surface area contributed by atoms with Crippen LogP contribution in [-0.2, 0) is 9.53 Å². The summed E-state index contributed by atoms with van der Waals surface area (Å²) < 4.78 is 16.1. The van der Waals surface area contributed by atoms with Gasteiger partial charge in [-0.2, -0.15) is 0 Å². The van der Waals surface area contributed by atoms with Gasteiger partial charge < -0.3 is 19.0 Å². The van der Waals surface area contributed by atoms with Gasteiger partial charge in [-0.1, -0.05) is 17.7 Å². The van der Waals surface area contributed by atoms with Crippen molar-refractivity contribution in [2.45, 2.75) is 0 Å². The standard InChI is InChI=1S/C19H15ClO6/c20-15-3-1-2-14-16(21)10-17(26-19(14)15)12-4-6-13(7-5-12)25-9-8-24-11-18(22)23/h1-7,10H,8-9,11H2,(H,22,23). The Morgan fingerprint density at radius 1 is 1.12 bits per heavy atom. The van der Waals surface area contributed by atoms with Crippen molar-refractivity contribution in [1.82, 2.24) is 0 Å². The highest BCUT2D eigenvalue weighted by Crippen LogP contribution is 2.27. The summed E-state index contributed by atoms with van der Waals surface area (Å²) in [6.45, 7) is 0.0469. The normalized spacial score (nSPS) is 10.8. The van der Waals surface area contributed by atoms with Crippen LogP contribution in [-0.4, -0.2) is 30.9 Å². The van der Waals surface area contributed by atoms with Crippen LogP contribution in [0, 0.1) is 0 Å². The largest absolute Gasteiger partial charge is 0.491 e. The van der Waals surface area contributed by atoms with Crippen molar-refractivity contribution >= 4 is 28.5 Å². The van der Waals surface area contributed by atoms with E-state index in [4.69, 9.17) is 30.6 Å². The Morgan fingerprint density at radius 3 is 2.62 bits per heavy atom. The molecular formula is C19H15ClO6. The van der Waals surface area contributed by atoms with Gasteiger partial charge in [0.05, 0.1) is 17.0 Å². The minimum atomic E-state index is -1.02. The molecule has 0 aliphatic heterocycles. The van der Waals surface area contributed by atoms with E-state index in [0.29, 0.717) is 33.1 Å². The molecule has 0 spiro atoms. The second kappa shape index (κ2) is 8.03. The molecule has 0 saturated carbocycles. The third kappa shape index (κ3) is 4.22. The molecule has 134 valence electrons. The van der Waals surface area contributed by atoms with Crippen LogP contribution in [0.15, 0.2) is 57.7 Å². The van der Waals surface area contributed by atoms with E-state index in [-0.39, 0.29) is 25.2 Å². The Bertz CT molecular complexity index is 977. The van der Waals surface area contributed by atoms with Crippen LogP contribution in [0.3, 0.4) is 0 Å². The molecular weight excluding hydrogens is 360 g/mol. The Balaban J connectivity index is 1.72. The van der Waals surface area contributed by atoms with Crippen LogP contribution in [0.2, 0.25) is 5.02 Å². The van der Waals surface area contributed by atoms with E-state index in [1.54, 1.807) is 42.5 Å². The zero-order valence-electron chi connectivity index (χ0n) is 13.6. The fourth-order valence-electron chi connectivity index (χ4n) is 2.38. The molecule has 1 N–H and O–H groups in total. The Labute approximate surface area is 153 Å². The molecule has 2 aromatic carbocycles. The Kier molecular flexibility index (Phi) is 5.55. The highest BCUT2D eigenvalue weighted by molar-refractivity contribution is 6.34. The number of aliphatic carboxylic acids is 1. The molecule has 6 nitrogen and oxygen atoms in total. The fraction of sp³-hybridized carbons (Fsp3) is 0.158. The average Bonchev–Trinajstić information content (AvgIpc) is 2.62. The molecule has 7 heteroatoms. The van der Waals surface area contributed by atoms with Gasteiger partial charge in [0.2, 0.25) is 0 Å². The van der Waals surface area contributed by atoms with Crippen molar-refractivity contribution < 1.29 is 23.8 Å². The van der Waals surface area contributed by atoms with Crippen LogP contribution < -0.4 is 10.2 Å². The number of carboxylic acids is 1. The molecule has 0 saturated heterocycles. The van der Waals surface area contributed by atoms with E-state index in [1.165, 1.54) is 6.07 Å². The number of hydrogen-bond donors (Lipinski definition) is 1. The zero-order valence-corrected chi connectivity index (χ0v) is 14.4. The molecule has 26 heavy (non-hydrogen) atoms. The summed E-state index contributed by atoms with van der Waals surface area (Å²) in [7, 11) is 0. The van der Waals surface area contributed by atoms with E-state index in [1.807, 2.05) is 0 Å². The summed E-state index contributed by atoms with van der Waals surface area (Å²) >= 11 is 6.11. The first-order valence-electron chi connectivity index (χ1n) is 7.80. The number of carboxylic acid groups (broad SMARTS) is 1. The SMILES string of the molecule is O=C(O)COCCOc1ccc(-c2cc(=O)c3cccc(Cl)c3o2)cc1. The van der Waals surface area contributed by atoms with E-state index in [2.05, 4.69) is 0 Å². The van der Waals surface area contributed by atoms with Gasteiger partial charge >= 0.3 is 5.97 Å². The third-order valence-electron chi connectivity index (χ3n) is 3.57. The second-order valence-electron chi connectivity index (χ2n) is 5.41. The molecule has 0 aliphatic carbocycles. The number of hydrogen-bond acceptors (Lipinski definition) is 5. The van der Waals surface area contributed by atoms with Gasteiger partial charge in [-0.25, -0.2) is 4.79 Å². The van der Waals surface area contributed by atoms with Crippen LogP contribution >= 0.6 is 11.6 Å². The maximum atomic E-state index is 12.2. The number of para-hydroxylation sites is 1. The lowest BCUT2D eigenvalue weighted by Crippen LogP contribution is -2.12. The minimum Gasteiger partial charge on any atom is -0.491 e. The molecule has 0 fully saturated rings. The van der Waals surface area contributed by atoms with Crippen molar-refractivity contribution in [3.63, 3.8) is 0 Å². The fourth-order valence-corrected chi connectivity index (χ4v) is 2.59. The second-order valence-corrected chi connectivity index (χ2v) is 5.82. The summed E-state index contributed by atoms with van der Waals surface area (Å²) in [5.41, 5.74) is 0.894. The predicted molar refractivity (Wildman–Crippen MR) is 96.9 cm³/mol. The van der Waals surface area contributed by atoms with E-state index in [9.17, 15) is 9.59 Å². The first kappa shape index (κ1) is 18.0. The highest BCUT2D eigenvalue weighted by atomic mass is 35.5. The first-order chi connectivity index (χ1) is 12.5. The van der Waals surface area contributed by atoms with Gasteiger partial charge in [-0.3, -0.25) is 4.79 Å². The Morgan fingerprint density at radius 2 is 1.88 bits per heavy atom. The van der Waals surface area contributed by atoms with Crippen LogP contribution in [0.5, 0.6) is 5.75 Å². The van der Waals surface area contributed by atoms with Gasteiger partial charge in [0, 0.05) is 11.6 Å². The first-order valence-corrected chi connectivity index (χ1v) is 8.17. The van der Waals surface area contributed by atoms with Crippen LogP contribution in [0.25, 0.3) is 22.3 Å². The summed E-state index contributed by atoms with van der Waals surface area (Å²) in [5.74, 6) is -0.0212. The van der Waals surface area contributed by atoms with Crippen molar-refractivity contribution in [3.05, 3.63) is 63.8 Å². The van der Waals surface area contributed by atoms with Crippen molar-refractivity contribution in [3.8, 4) is 17.1 Å². The minimum absolute atomic E-state index is 0.167. The molecule has 0 amide bonds. The Hall–Kier alpha value is -2.83. The molecule has 0 atom stereocenters. The molecule has 0 bridgehead atoms. The topological polar surface area (TPSA) is 86.0 Å². The monoisotopic (exact) mass is 374 g/mol. The lowest BCUT2D eigenvalue weighted by molar-refractivity contribution is -0.142. The van der Waals surface area contributed by atoms with Crippen molar-refractivity contribution in [1.29, 1.82) is 0 Å². The van der Waals surface area contributed by atoms with Gasteiger partial charge in [0.1, 0.15) is 24.7 Å². The van der Waals surface area contributed by atoms with Crippen molar-refractivity contribution in [2.75, 3.05) is 19.8 Å². The number of benzene rings is 2. The molecule has 0 unspecified atom stereocenters. The van der Waals surface area contributed by atoms with Crippen LogP contribution in [0.4, 0.5) is 0 Å². The number of carbonyl (C=O) groups is 1. The molecule has 0 radical (unpaired) electrons. The molecule has 1 heterocycles. The van der Waals surface area contributed by atoms with E-state index >= 15 is 0 Å². The zero-order chi connectivity index (χ0) is 18.5. The van der Waals surface area contributed by atoms with E-state index < -0.39 is 5.97 Å². The smallest absolute Gasteiger partial charge is 0.329 e. The third-order valence-corrected chi connectivity index (χ3v) is 3.87. The maximum Gasteiger partial charge on any atom is 0.329 e. The van der Waals surface area contributed by atoms with E-state index in [0.717, 1.165) is 0 Å². The molecule has 3 rings (SSSR count). The van der Waals surface area contributed by atoms with Crippen molar-refractivity contribution in [2.24, 2.45) is 0 Å². The molecule has 3 aromatic rings. The number of fused-ring (bicyclic) bond motifs is 1. The quantitative estimate of drug-likeness (QED) is 0.636. The maximum absolute atomic E-state index is 12.2. The summed E-state index contributed by atoms with van der Waals surface area (Å²) in [5, 5.41) is 9.28. The predicted octanol–water partition coefficient (Wildman–Crippen LogP) is 3.59. The van der Waals surface area contributed by atoms with Gasteiger partial charge in [0.15, 0.2) is 11.0 Å². The number of halogens is 1. The summed E-state index contributed by atoms with van der Waals surface area (Å²) in [6.07, 6.45) is 0. The average molecular weight is 375 g/mol. The number of rotatable bonds is 7. The highest BCUT2D eigenvalue weighted by Gasteiger charge is 2.09. The summed E-state index contributed by atoms with van der Waals surface area (Å²) in [4.78, 5) is 22.6. The number of ether oxygens (including phenoxy) is 2. The summed E-state index contributed by atoms with van der Waals surface area (Å²) in [6, 6.07) is 13.4. The molecule has 1 aromatic heterocycles. The van der Waals surface area contributed by atoms with Gasteiger partial charge in [-0.15, -0.1) is 0 Å². The molecule has 0 aliphatic rings.